The highest BCUT2D eigenvalue weighted by atomic mass is 19.3. The van der Waals surface area contributed by atoms with E-state index in [1.54, 1.807) is 12.1 Å². The van der Waals surface area contributed by atoms with Crippen LogP contribution in [0.15, 0.2) is 46.7 Å². The van der Waals surface area contributed by atoms with Gasteiger partial charge >= 0.3 is 6.61 Å². The van der Waals surface area contributed by atoms with E-state index in [-0.39, 0.29) is 36.3 Å². The fourth-order valence-electron chi connectivity index (χ4n) is 4.40. The summed E-state index contributed by atoms with van der Waals surface area (Å²) in [6, 6.07) is 4.48. The second kappa shape index (κ2) is 8.01. The Morgan fingerprint density at radius 3 is 2.68 bits per heavy atom. The molecule has 0 aromatic heterocycles. The molecule has 2 atom stereocenters. The average Bonchev–Trinajstić information content (AvgIpc) is 3.54. The number of hydrogen-bond donors (Lipinski definition) is 1. The number of halogens is 4. The minimum absolute atomic E-state index is 0.00125. The number of nitrogens with zero attached hydrogens (tertiary/aromatic N) is 2. The molecule has 1 aromatic carbocycles. The van der Waals surface area contributed by atoms with Crippen molar-refractivity contribution in [3.05, 3.63) is 58.6 Å². The van der Waals surface area contributed by atoms with Gasteiger partial charge < -0.3 is 10.5 Å². The van der Waals surface area contributed by atoms with E-state index in [2.05, 4.69) is 9.73 Å². The van der Waals surface area contributed by atoms with Gasteiger partial charge in [-0.05, 0) is 60.1 Å². The maximum Gasteiger partial charge on any atom is 0.387 e. The van der Waals surface area contributed by atoms with Gasteiger partial charge in [-0.15, -0.1) is 0 Å². The predicted molar refractivity (Wildman–Crippen MR) is 106 cm³/mol. The summed E-state index contributed by atoms with van der Waals surface area (Å²) in [4.78, 5) is 19.1. The fraction of sp³-hybridized carbons (Fsp3) is 0.455. The van der Waals surface area contributed by atoms with E-state index in [0.29, 0.717) is 16.7 Å². The third kappa shape index (κ3) is 3.70. The monoisotopic (exact) mass is 437 g/mol. The van der Waals surface area contributed by atoms with Gasteiger partial charge in [0.25, 0.3) is 5.91 Å². The first-order valence-corrected chi connectivity index (χ1v) is 10.1. The second-order valence-electron chi connectivity index (χ2n) is 8.07. The third-order valence-corrected chi connectivity index (χ3v) is 6.16. The number of amides is 1. The zero-order chi connectivity index (χ0) is 22.3. The van der Waals surface area contributed by atoms with E-state index in [1.165, 1.54) is 30.2 Å². The first-order chi connectivity index (χ1) is 14.8. The molecule has 2 N–H and O–H groups in total. The summed E-state index contributed by atoms with van der Waals surface area (Å²) < 4.78 is 57.6. The largest absolute Gasteiger partial charge is 0.435 e. The number of likely N-dealkylation sites (N-methyl/N-ethyl adjacent to an activating group) is 1. The molecule has 9 heteroatoms. The van der Waals surface area contributed by atoms with Crippen LogP contribution in [0.1, 0.15) is 42.7 Å². The summed E-state index contributed by atoms with van der Waals surface area (Å²) in [7, 11) is 1.49. The Labute approximate surface area is 177 Å². The molecule has 2 aliphatic carbocycles. The van der Waals surface area contributed by atoms with Crippen molar-refractivity contribution in [2.45, 2.75) is 43.8 Å². The van der Waals surface area contributed by atoms with E-state index < -0.39 is 30.7 Å². The van der Waals surface area contributed by atoms with Crippen LogP contribution in [0.4, 0.5) is 17.6 Å². The van der Waals surface area contributed by atoms with Gasteiger partial charge in [-0.1, -0.05) is 12.1 Å². The quantitative estimate of drug-likeness (QED) is 0.653. The molecule has 4 rings (SSSR count). The number of carbonyl (C=O) groups excluding carboxylic acids is 1. The van der Waals surface area contributed by atoms with Gasteiger partial charge in [-0.3, -0.25) is 14.1 Å². The van der Waals surface area contributed by atoms with Crippen molar-refractivity contribution in [3.8, 4) is 0 Å². The molecule has 0 bridgehead atoms. The summed E-state index contributed by atoms with van der Waals surface area (Å²) in [6.07, 6.45) is 4.60. The Balaban J connectivity index is 1.80. The molecule has 3 aliphatic rings. The van der Waals surface area contributed by atoms with Crippen LogP contribution in [-0.4, -0.2) is 37.1 Å². The van der Waals surface area contributed by atoms with E-state index in [1.807, 2.05) is 0 Å². The number of aliphatic imine (C=N–C) groups is 1. The van der Waals surface area contributed by atoms with E-state index in [9.17, 15) is 22.4 Å². The minimum atomic E-state index is -3.05. The molecule has 1 heterocycles. The highest BCUT2D eigenvalue weighted by Gasteiger charge is 2.53. The number of guanidine groups is 1. The first-order valence-electron chi connectivity index (χ1n) is 10.1. The lowest BCUT2D eigenvalue weighted by Gasteiger charge is -2.35. The van der Waals surface area contributed by atoms with Gasteiger partial charge in [0.2, 0.25) is 0 Å². The summed E-state index contributed by atoms with van der Waals surface area (Å²) in [6.45, 7) is -3.81. The lowest BCUT2D eigenvalue weighted by Crippen LogP contribution is -2.45. The summed E-state index contributed by atoms with van der Waals surface area (Å²) in [5, 5.41) is 0. The van der Waals surface area contributed by atoms with Crippen LogP contribution in [0.3, 0.4) is 0 Å². The highest BCUT2D eigenvalue weighted by molar-refractivity contribution is 6.07. The zero-order valence-electron chi connectivity index (χ0n) is 17.0. The van der Waals surface area contributed by atoms with Crippen LogP contribution in [0.5, 0.6) is 0 Å². The summed E-state index contributed by atoms with van der Waals surface area (Å²) in [5.74, 6) is -1.39. The number of hydrogen-bond acceptors (Lipinski definition) is 4. The van der Waals surface area contributed by atoms with Crippen molar-refractivity contribution in [2.75, 3.05) is 13.7 Å². The van der Waals surface area contributed by atoms with Crippen LogP contribution < -0.4 is 5.73 Å². The normalized spacial score (nSPS) is 26.1. The van der Waals surface area contributed by atoms with Gasteiger partial charge in [-0.2, -0.15) is 8.78 Å². The second-order valence-corrected chi connectivity index (χ2v) is 8.07. The van der Waals surface area contributed by atoms with Gasteiger partial charge in [0.05, 0.1) is 6.67 Å². The fourth-order valence-corrected chi connectivity index (χ4v) is 4.40. The molecular weight excluding hydrogens is 414 g/mol. The van der Waals surface area contributed by atoms with Crippen molar-refractivity contribution in [2.24, 2.45) is 16.6 Å². The number of rotatable bonds is 7. The smallest absolute Gasteiger partial charge is 0.387 e. The summed E-state index contributed by atoms with van der Waals surface area (Å²) >= 11 is 0. The van der Waals surface area contributed by atoms with Crippen LogP contribution in [0, 0.1) is 11.7 Å². The standard InChI is InChI=1S/C22H23F4N3O2/c1-29-19(30)22(28-21(29)27,15-4-6-17(24)16(11-15)12-2-3-12)14-5-7-18(31-20(25)26)13(10-14)8-9-23/h4-7,11-12,14,20H,2-3,8-10H2,1H3,(H2,27,28)/t14?,22-/m1/s1. The van der Waals surface area contributed by atoms with Gasteiger partial charge in [0.15, 0.2) is 11.5 Å². The topological polar surface area (TPSA) is 67.9 Å². The first kappa shape index (κ1) is 21.4. The van der Waals surface area contributed by atoms with Crippen LogP contribution >= 0.6 is 0 Å². The maximum absolute atomic E-state index is 14.4. The van der Waals surface area contributed by atoms with Gasteiger partial charge in [0, 0.05) is 19.4 Å². The van der Waals surface area contributed by atoms with E-state index >= 15 is 0 Å². The molecule has 1 aliphatic heterocycles. The Hall–Kier alpha value is -2.84. The highest BCUT2D eigenvalue weighted by Crippen LogP contribution is 2.48. The molecule has 5 nitrogen and oxygen atoms in total. The molecule has 1 saturated carbocycles. The number of benzene rings is 1. The lowest BCUT2D eigenvalue weighted by molar-refractivity contribution is -0.132. The zero-order valence-corrected chi connectivity index (χ0v) is 17.0. The van der Waals surface area contributed by atoms with Crippen LogP contribution in [0.2, 0.25) is 0 Å². The number of nitrogens with two attached hydrogens (primary N) is 1. The van der Waals surface area contributed by atoms with Gasteiger partial charge in [0.1, 0.15) is 11.6 Å². The summed E-state index contributed by atoms with van der Waals surface area (Å²) in [5.41, 5.74) is 5.80. The molecule has 1 unspecified atom stereocenters. The van der Waals surface area contributed by atoms with Crippen molar-refractivity contribution >= 4 is 11.9 Å². The van der Waals surface area contributed by atoms with E-state index in [0.717, 1.165) is 12.8 Å². The Bertz CT molecular complexity index is 987. The number of carbonyl (C=O) groups is 1. The van der Waals surface area contributed by atoms with Gasteiger partial charge in [-0.25, -0.2) is 9.38 Å². The Morgan fingerprint density at radius 1 is 1.35 bits per heavy atom. The predicted octanol–water partition coefficient (Wildman–Crippen LogP) is 4.11. The molecule has 0 radical (unpaired) electrons. The molecule has 166 valence electrons. The Morgan fingerprint density at radius 2 is 2.10 bits per heavy atom. The van der Waals surface area contributed by atoms with Crippen LogP contribution in [-0.2, 0) is 15.1 Å². The van der Waals surface area contributed by atoms with Crippen molar-refractivity contribution in [3.63, 3.8) is 0 Å². The molecule has 0 spiro atoms. The molecule has 1 amide bonds. The maximum atomic E-state index is 14.4. The van der Waals surface area contributed by atoms with Crippen molar-refractivity contribution in [1.82, 2.24) is 4.90 Å². The van der Waals surface area contributed by atoms with E-state index in [4.69, 9.17) is 5.73 Å². The molecule has 0 saturated heterocycles. The minimum Gasteiger partial charge on any atom is -0.435 e. The molecule has 1 aromatic rings. The number of alkyl halides is 3. The number of ether oxygens (including phenoxy) is 1. The molecular formula is C22H23F4N3O2. The molecule has 1 fully saturated rings. The Kier molecular flexibility index (Phi) is 5.53. The SMILES string of the molecule is CN1C(=O)[C@](c2ccc(F)c(C3CC3)c2)(C2C=CC(OC(F)F)=C(CCF)C2)N=C1N. The third-order valence-electron chi connectivity index (χ3n) is 6.16. The van der Waals surface area contributed by atoms with Crippen molar-refractivity contribution < 1.29 is 27.1 Å². The lowest BCUT2D eigenvalue weighted by atomic mass is 9.72. The average molecular weight is 437 g/mol. The van der Waals surface area contributed by atoms with Crippen LogP contribution in [0.25, 0.3) is 0 Å². The molecule has 31 heavy (non-hydrogen) atoms. The van der Waals surface area contributed by atoms with Crippen molar-refractivity contribution in [1.29, 1.82) is 0 Å². The number of allylic oxidation sites excluding steroid dienone is 2.